The highest BCUT2D eigenvalue weighted by Crippen LogP contribution is 2.24. The van der Waals surface area contributed by atoms with Gasteiger partial charge in [0.1, 0.15) is 5.82 Å². The molecule has 3 heterocycles. The molecule has 2 amide bonds. The molecule has 144 valence electrons. The third-order valence-corrected chi connectivity index (χ3v) is 5.12. The quantitative estimate of drug-likeness (QED) is 0.753. The van der Waals surface area contributed by atoms with Crippen LogP contribution >= 0.6 is 0 Å². The highest BCUT2D eigenvalue weighted by Gasteiger charge is 2.23. The molecule has 1 fully saturated rings. The molecule has 7 nitrogen and oxygen atoms in total. The lowest BCUT2D eigenvalue weighted by Gasteiger charge is -2.35. The molecule has 1 aliphatic heterocycles. The van der Waals surface area contributed by atoms with Crippen LogP contribution in [0.5, 0.6) is 0 Å². The Balaban J connectivity index is 1.39. The first kappa shape index (κ1) is 18.0. The minimum absolute atomic E-state index is 0.162. The molecule has 1 aliphatic rings. The summed E-state index contributed by atoms with van der Waals surface area (Å²) in [5, 5.41) is 6.68. The number of benzene rings is 1. The van der Waals surface area contributed by atoms with Crippen LogP contribution in [0.15, 0.2) is 53.2 Å². The van der Waals surface area contributed by atoms with Crippen molar-refractivity contribution in [3.05, 3.63) is 59.9 Å². The molecule has 0 saturated carbocycles. The predicted molar refractivity (Wildman–Crippen MR) is 108 cm³/mol. The largest absolute Gasteiger partial charge is 0.353 e. The van der Waals surface area contributed by atoms with Crippen molar-refractivity contribution < 1.29 is 9.32 Å². The number of pyridine rings is 1. The van der Waals surface area contributed by atoms with E-state index < -0.39 is 0 Å². The number of carbonyl (C=O) groups excluding carboxylic acids is 1. The van der Waals surface area contributed by atoms with Crippen molar-refractivity contribution in [1.82, 2.24) is 15.0 Å². The lowest BCUT2D eigenvalue weighted by molar-refractivity contribution is 0.207. The molecular weight excluding hydrogens is 354 g/mol. The van der Waals surface area contributed by atoms with E-state index in [9.17, 15) is 4.79 Å². The monoisotopic (exact) mass is 377 g/mol. The number of rotatable bonds is 3. The Hall–Kier alpha value is -3.35. The van der Waals surface area contributed by atoms with E-state index >= 15 is 0 Å². The number of nitrogens with zero attached hydrogens (tertiary/aromatic N) is 4. The standard InChI is InChI=1S/C21H23N5O2/c1-15-16(2)24-28-20(15)23-21(27)26-12-10-25(11-13-26)19-14-18(8-9-22-19)17-6-4-3-5-7-17/h3-9,14H,10-13H2,1-2H3,(H,23,27). The van der Waals surface area contributed by atoms with Crippen LogP contribution in [-0.2, 0) is 0 Å². The number of amides is 2. The zero-order valence-corrected chi connectivity index (χ0v) is 16.1. The minimum atomic E-state index is -0.162. The van der Waals surface area contributed by atoms with Gasteiger partial charge in [-0.05, 0) is 37.1 Å². The summed E-state index contributed by atoms with van der Waals surface area (Å²) in [6, 6.07) is 14.2. The van der Waals surface area contributed by atoms with E-state index in [1.54, 1.807) is 4.90 Å². The molecule has 3 aromatic rings. The van der Waals surface area contributed by atoms with Crippen LogP contribution in [0.1, 0.15) is 11.3 Å². The Morgan fingerprint density at radius 1 is 1.04 bits per heavy atom. The number of carbonyl (C=O) groups is 1. The van der Waals surface area contributed by atoms with Crippen molar-refractivity contribution >= 4 is 17.7 Å². The summed E-state index contributed by atoms with van der Waals surface area (Å²) in [5.74, 6) is 1.35. The Kier molecular flexibility index (Phi) is 4.97. The van der Waals surface area contributed by atoms with Gasteiger partial charge in [0.05, 0.1) is 5.69 Å². The molecule has 0 atom stereocenters. The average Bonchev–Trinajstić information content (AvgIpc) is 3.06. The number of aryl methyl sites for hydroxylation is 1. The van der Waals surface area contributed by atoms with Crippen molar-refractivity contribution in [1.29, 1.82) is 0 Å². The fourth-order valence-electron chi connectivity index (χ4n) is 3.25. The van der Waals surface area contributed by atoms with Gasteiger partial charge in [-0.3, -0.25) is 5.32 Å². The van der Waals surface area contributed by atoms with Gasteiger partial charge in [0.2, 0.25) is 5.88 Å². The van der Waals surface area contributed by atoms with Gasteiger partial charge in [0, 0.05) is 37.9 Å². The van der Waals surface area contributed by atoms with E-state index in [-0.39, 0.29) is 6.03 Å². The molecule has 0 spiro atoms. The normalized spacial score (nSPS) is 14.2. The zero-order chi connectivity index (χ0) is 19.5. The van der Waals surface area contributed by atoms with Gasteiger partial charge in [0.15, 0.2) is 0 Å². The molecule has 2 aromatic heterocycles. The Labute approximate surface area is 164 Å². The zero-order valence-electron chi connectivity index (χ0n) is 16.1. The molecule has 0 bridgehead atoms. The van der Waals surface area contributed by atoms with Crippen molar-refractivity contribution in [2.24, 2.45) is 0 Å². The van der Waals surface area contributed by atoms with Crippen LogP contribution in [0.4, 0.5) is 16.5 Å². The molecule has 0 unspecified atom stereocenters. The minimum Gasteiger partial charge on any atom is -0.353 e. The number of aromatic nitrogens is 2. The second-order valence-corrected chi connectivity index (χ2v) is 6.90. The van der Waals surface area contributed by atoms with Crippen LogP contribution < -0.4 is 10.2 Å². The topological polar surface area (TPSA) is 74.5 Å². The van der Waals surface area contributed by atoms with Gasteiger partial charge in [-0.15, -0.1) is 0 Å². The van der Waals surface area contributed by atoms with Gasteiger partial charge in [0.25, 0.3) is 0 Å². The lowest BCUT2D eigenvalue weighted by Crippen LogP contribution is -2.50. The highest BCUT2D eigenvalue weighted by molar-refractivity contribution is 5.88. The number of urea groups is 1. The van der Waals surface area contributed by atoms with E-state index in [0.29, 0.717) is 19.0 Å². The van der Waals surface area contributed by atoms with Crippen molar-refractivity contribution in [2.45, 2.75) is 13.8 Å². The number of anilines is 2. The molecule has 1 saturated heterocycles. The van der Waals surface area contributed by atoms with Gasteiger partial charge in [-0.25, -0.2) is 9.78 Å². The Morgan fingerprint density at radius 3 is 2.46 bits per heavy atom. The third-order valence-electron chi connectivity index (χ3n) is 5.12. The fourth-order valence-corrected chi connectivity index (χ4v) is 3.25. The van der Waals surface area contributed by atoms with Crippen molar-refractivity contribution in [2.75, 3.05) is 36.4 Å². The smallest absolute Gasteiger partial charge is 0.324 e. The van der Waals surface area contributed by atoms with E-state index in [4.69, 9.17) is 4.52 Å². The summed E-state index contributed by atoms with van der Waals surface area (Å²) in [4.78, 5) is 21.0. The molecule has 1 N–H and O–H groups in total. The van der Waals surface area contributed by atoms with Crippen molar-refractivity contribution in [3.63, 3.8) is 0 Å². The van der Waals surface area contributed by atoms with Crippen LogP contribution in [0.2, 0.25) is 0 Å². The first-order valence-electron chi connectivity index (χ1n) is 9.37. The maximum absolute atomic E-state index is 12.5. The summed E-state index contributed by atoms with van der Waals surface area (Å²) in [6.07, 6.45) is 1.84. The van der Waals surface area contributed by atoms with Crippen LogP contribution in [0, 0.1) is 13.8 Å². The maximum atomic E-state index is 12.5. The van der Waals surface area contributed by atoms with E-state index in [0.717, 1.165) is 35.7 Å². The third kappa shape index (κ3) is 3.69. The molecule has 7 heteroatoms. The maximum Gasteiger partial charge on any atom is 0.324 e. The number of piperazine rings is 1. The second kappa shape index (κ2) is 7.72. The summed E-state index contributed by atoms with van der Waals surface area (Å²) in [7, 11) is 0. The average molecular weight is 377 g/mol. The van der Waals surface area contributed by atoms with Crippen LogP contribution in [0.3, 0.4) is 0 Å². The fraction of sp³-hybridized carbons (Fsp3) is 0.286. The van der Waals surface area contributed by atoms with E-state index in [1.807, 2.05) is 44.3 Å². The van der Waals surface area contributed by atoms with Crippen LogP contribution in [0.25, 0.3) is 11.1 Å². The first-order valence-corrected chi connectivity index (χ1v) is 9.37. The highest BCUT2D eigenvalue weighted by atomic mass is 16.5. The molecule has 4 rings (SSSR count). The SMILES string of the molecule is Cc1noc(NC(=O)N2CCN(c3cc(-c4ccccc4)ccn3)CC2)c1C. The molecule has 0 aliphatic carbocycles. The van der Waals surface area contributed by atoms with E-state index in [1.165, 1.54) is 5.56 Å². The number of hydrogen-bond donors (Lipinski definition) is 1. The summed E-state index contributed by atoms with van der Waals surface area (Å²) >= 11 is 0. The molecule has 0 radical (unpaired) electrons. The molecular formula is C21H23N5O2. The number of nitrogens with one attached hydrogen (secondary N) is 1. The summed E-state index contributed by atoms with van der Waals surface area (Å²) in [6.45, 7) is 6.43. The first-order chi connectivity index (χ1) is 13.6. The van der Waals surface area contributed by atoms with E-state index in [2.05, 4.69) is 38.6 Å². The Bertz CT molecular complexity index is 962. The molecule has 1 aromatic carbocycles. The van der Waals surface area contributed by atoms with Gasteiger partial charge in [-0.2, -0.15) is 0 Å². The summed E-state index contributed by atoms with van der Waals surface area (Å²) < 4.78 is 5.17. The second-order valence-electron chi connectivity index (χ2n) is 6.90. The molecule has 28 heavy (non-hydrogen) atoms. The van der Waals surface area contributed by atoms with Gasteiger partial charge in [-0.1, -0.05) is 35.5 Å². The Morgan fingerprint density at radius 2 is 1.79 bits per heavy atom. The van der Waals surface area contributed by atoms with Gasteiger partial charge < -0.3 is 14.3 Å². The number of hydrogen-bond acceptors (Lipinski definition) is 5. The van der Waals surface area contributed by atoms with Gasteiger partial charge >= 0.3 is 6.03 Å². The van der Waals surface area contributed by atoms with Crippen LogP contribution in [-0.4, -0.2) is 47.3 Å². The van der Waals surface area contributed by atoms with Crippen molar-refractivity contribution in [3.8, 4) is 11.1 Å². The lowest BCUT2D eigenvalue weighted by atomic mass is 10.1. The predicted octanol–water partition coefficient (Wildman–Crippen LogP) is 3.71. The summed E-state index contributed by atoms with van der Waals surface area (Å²) in [5.41, 5.74) is 3.95.